The van der Waals surface area contributed by atoms with E-state index < -0.39 is 11.6 Å². The van der Waals surface area contributed by atoms with Crippen LogP contribution < -0.4 is 0 Å². The molecular weight excluding hydrogens is 182 g/mol. The predicted molar refractivity (Wildman–Crippen MR) is 51.6 cm³/mol. The monoisotopic (exact) mass is 197 g/mol. The van der Waals surface area contributed by atoms with Crippen molar-refractivity contribution in [3.8, 4) is 0 Å². The summed E-state index contributed by atoms with van der Waals surface area (Å²) in [5, 5.41) is 0. The third kappa shape index (κ3) is 2.34. The molecule has 1 rings (SSSR count). The summed E-state index contributed by atoms with van der Waals surface area (Å²) in [6.45, 7) is 3.46. The molecule has 4 nitrogen and oxygen atoms in total. The maximum absolute atomic E-state index is 11.6. The molecule has 0 atom stereocenters. The third-order valence-corrected chi connectivity index (χ3v) is 1.86. The first-order valence-corrected chi connectivity index (χ1v) is 4.46. The van der Waals surface area contributed by atoms with Gasteiger partial charge in [0, 0.05) is 20.3 Å². The van der Waals surface area contributed by atoms with Crippen molar-refractivity contribution in [3.63, 3.8) is 0 Å². The summed E-state index contributed by atoms with van der Waals surface area (Å²) < 4.78 is 5.10. The highest BCUT2D eigenvalue weighted by Crippen LogP contribution is 2.25. The second-order valence-corrected chi connectivity index (χ2v) is 4.26. The standard InChI is InChI=1S/C10H15NO3/c1-10(2)5-8(12)7(6-11(3)4)9(13)14-10/h6H,5H2,1-4H3/b7-6+. The Balaban J connectivity index is 2.92. The normalized spacial score (nSPS) is 23.6. The fourth-order valence-corrected chi connectivity index (χ4v) is 1.32. The second kappa shape index (κ2) is 3.44. The topological polar surface area (TPSA) is 46.6 Å². The third-order valence-electron chi connectivity index (χ3n) is 1.86. The molecule has 0 unspecified atom stereocenters. The van der Waals surface area contributed by atoms with E-state index in [1.54, 1.807) is 32.8 Å². The van der Waals surface area contributed by atoms with Crippen molar-refractivity contribution >= 4 is 11.8 Å². The number of cyclic esters (lactones) is 1. The Morgan fingerprint density at radius 1 is 1.36 bits per heavy atom. The van der Waals surface area contributed by atoms with Crippen molar-refractivity contribution in [3.05, 3.63) is 11.8 Å². The quantitative estimate of drug-likeness (QED) is 0.353. The summed E-state index contributed by atoms with van der Waals surface area (Å²) in [6.07, 6.45) is 1.75. The highest BCUT2D eigenvalue weighted by molar-refractivity contribution is 6.19. The van der Waals surface area contributed by atoms with Crippen LogP contribution in [0.15, 0.2) is 11.8 Å². The number of carbonyl (C=O) groups is 2. The molecule has 0 aromatic carbocycles. The molecule has 78 valence electrons. The average molecular weight is 197 g/mol. The minimum absolute atomic E-state index is 0.134. The van der Waals surface area contributed by atoms with Crippen LogP contribution in [0.3, 0.4) is 0 Å². The first-order valence-electron chi connectivity index (χ1n) is 4.46. The molecule has 14 heavy (non-hydrogen) atoms. The SMILES string of the molecule is CN(C)/C=C1\C(=O)CC(C)(C)OC1=O. The van der Waals surface area contributed by atoms with Crippen LogP contribution >= 0.6 is 0 Å². The molecule has 0 radical (unpaired) electrons. The van der Waals surface area contributed by atoms with Crippen molar-refractivity contribution in [1.82, 2.24) is 4.90 Å². The molecular formula is C10H15NO3. The van der Waals surface area contributed by atoms with Gasteiger partial charge in [0.15, 0.2) is 5.78 Å². The lowest BCUT2D eigenvalue weighted by Gasteiger charge is -2.29. The molecule has 1 saturated heterocycles. The van der Waals surface area contributed by atoms with Crippen LogP contribution in [0.2, 0.25) is 0 Å². The van der Waals surface area contributed by atoms with Gasteiger partial charge in [-0.3, -0.25) is 4.79 Å². The maximum atomic E-state index is 11.6. The van der Waals surface area contributed by atoms with Crippen molar-refractivity contribution in [1.29, 1.82) is 0 Å². The molecule has 1 aliphatic heterocycles. The van der Waals surface area contributed by atoms with Gasteiger partial charge in [0.1, 0.15) is 11.2 Å². The number of esters is 1. The van der Waals surface area contributed by atoms with Crippen molar-refractivity contribution in [2.75, 3.05) is 14.1 Å². The van der Waals surface area contributed by atoms with Crippen LogP contribution in [-0.4, -0.2) is 36.3 Å². The van der Waals surface area contributed by atoms with Crippen molar-refractivity contribution in [2.45, 2.75) is 25.9 Å². The minimum Gasteiger partial charge on any atom is -0.455 e. The lowest BCUT2D eigenvalue weighted by atomic mass is 9.94. The molecule has 0 bridgehead atoms. The lowest BCUT2D eigenvalue weighted by Crippen LogP contribution is -2.39. The minimum atomic E-state index is -0.669. The van der Waals surface area contributed by atoms with Crippen molar-refractivity contribution in [2.24, 2.45) is 0 Å². The van der Waals surface area contributed by atoms with E-state index in [-0.39, 0.29) is 17.8 Å². The van der Waals surface area contributed by atoms with Gasteiger partial charge in [-0.15, -0.1) is 0 Å². The van der Waals surface area contributed by atoms with Gasteiger partial charge < -0.3 is 9.64 Å². The van der Waals surface area contributed by atoms with Crippen LogP contribution in [0.1, 0.15) is 20.3 Å². The number of rotatable bonds is 1. The lowest BCUT2D eigenvalue weighted by molar-refractivity contribution is -0.159. The van der Waals surface area contributed by atoms with Crippen molar-refractivity contribution < 1.29 is 14.3 Å². The number of carbonyl (C=O) groups excluding carboxylic acids is 2. The van der Waals surface area contributed by atoms with Gasteiger partial charge in [-0.2, -0.15) is 0 Å². The number of hydrogen-bond donors (Lipinski definition) is 0. The summed E-state index contributed by atoms with van der Waals surface area (Å²) in [6, 6.07) is 0. The van der Waals surface area contributed by atoms with E-state index in [0.717, 1.165) is 0 Å². The van der Waals surface area contributed by atoms with Crippen LogP contribution in [0.25, 0.3) is 0 Å². The molecule has 0 aromatic rings. The molecule has 0 N–H and O–H groups in total. The van der Waals surface area contributed by atoms with Crippen LogP contribution in [-0.2, 0) is 14.3 Å². The first kappa shape index (κ1) is 10.8. The molecule has 0 spiro atoms. The fourth-order valence-electron chi connectivity index (χ4n) is 1.32. The summed E-state index contributed by atoms with van der Waals surface area (Å²) >= 11 is 0. The summed E-state index contributed by atoms with van der Waals surface area (Å²) in [4.78, 5) is 24.6. The van der Waals surface area contributed by atoms with Gasteiger partial charge in [0.05, 0.1) is 6.42 Å². The highest BCUT2D eigenvalue weighted by atomic mass is 16.6. The Kier molecular flexibility index (Phi) is 2.64. The molecule has 0 aromatic heterocycles. The Bertz CT molecular complexity index is 280. The molecule has 1 fully saturated rings. The fraction of sp³-hybridized carbons (Fsp3) is 0.600. The van der Waals surface area contributed by atoms with E-state index in [0.29, 0.717) is 0 Å². The number of nitrogens with zero attached hydrogens (tertiary/aromatic N) is 1. The average Bonchev–Trinajstić information content (AvgIpc) is 1.94. The molecule has 1 aliphatic rings. The Hall–Kier alpha value is -1.32. The van der Waals surface area contributed by atoms with E-state index in [1.807, 2.05) is 0 Å². The van der Waals surface area contributed by atoms with Crippen LogP contribution in [0.5, 0.6) is 0 Å². The summed E-state index contributed by atoms with van der Waals surface area (Å²) in [7, 11) is 3.51. The van der Waals surface area contributed by atoms with Gasteiger partial charge in [-0.05, 0) is 13.8 Å². The number of hydrogen-bond acceptors (Lipinski definition) is 4. The molecule has 4 heteroatoms. The first-order chi connectivity index (χ1) is 6.32. The number of Topliss-reactive ketones (excluding diaryl/α,β-unsaturated/α-hetero) is 1. The van der Waals surface area contributed by atoms with Gasteiger partial charge in [-0.1, -0.05) is 0 Å². The Morgan fingerprint density at radius 2 is 1.93 bits per heavy atom. The van der Waals surface area contributed by atoms with E-state index in [4.69, 9.17) is 4.74 Å². The maximum Gasteiger partial charge on any atom is 0.343 e. The molecule has 0 saturated carbocycles. The zero-order chi connectivity index (χ0) is 10.9. The zero-order valence-electron chi connectivity index (χ0n) is 8.96. The number of ether oxygens (including phenoxy) is 1. The zero-order valence-corrected chi connectivity index (χ0v) is 8.96. The largest absolute Gasteiger partial charge is 0.455 e. The van der Waals surface area contributed by atoms with Crippen LogP contribution in [0.4, 0.5) is 0 Å². The summed E-state index contributed by atoms with van der Waals surface area (Å²) in [5.74, 6) is -0.681. The molecule has 0 aliphatic carbocycles. The Morgan fingerprint density at radius 3 is 2.36 bits per heavy atom. The van der Waals surface area contributed by atoms with Gasteiger partial charge >= 0.3 is 5.97 Å². The predicted octanol–water partition coefficient (Wildman–Crippen LogP) is 0.726. The smallest absolute Gasteiger partial charge is 0.343 e. The number of ketones is 1. The molecule has 1 heterocycles. The van der Waals surface area contributed by atoms with E-state index in [1.165, 1.54) is 6.20 Å². The van der Waals surface area contributed by atoms with Crippen LogP contribution in [0, 0.1) is 0 Å². The van der Waals surface area contributed by atoms with Gasteiger partial charge in [0.2, 0.25) is 0 Å². The summed E-state index contributed by atoms with van der Waals surface area (Å²) in [5.41, 5.74) is -0.535. The Labute approximate surface area is 83.5 Å². The van der Waals surface area contributed by atoms with Gasteiger partial charge in [-0.25, -0.2) is 4.79 Å². The van der Waals surface area contributed by atoms with E-state index in [2.05, 4.69) is 0 Å². The van der Waals surface area contributed by atoms with E-state index in [9.17, 15) is 9.59 Å². The van der Waals surface area contributed by atoms with E-state index >= 15 is 0 Å². The highest BCUT2D eigenvalue weighted by Gasteiger charge is 2.37. The molecule has 0 amide bonds. The second-order valence-electron chi connectivity index (χ2n) is 4.26. The van der Waals surface area contributed by atoms with Gasteiger partial charge in [0.25, 0.3) is 0 Å².